The molecule has 0 unspecified atom stereocenters. The Morgan fingerprint density at radius 3 is 2.78 bits per heavy atom. The van der Waals surface area contributed by atoms with E-state index in [1.807, 2.05) is 18.2 Å². The van der Waals surface area contributed by atoms with Gasteiger partial charge in [0.25, 0.3) is 0 Å². The smallest absolute Gasteiger partial charge is 0.223 e. The SMILES string of the molecule is CN1C[C@H]2C[C@@H](C1)[C@H](CNC(=O)CCc1ccccc1)N1C(=O)CCC[C@@H]21. The Morgan fingerprint density at radius 2 is 1.96 bits per heavy atom. The van der Waals surface area contributed by atoms with E-state index in [1.54, 1.807) is 0 Å². The van der Waals surface area contributed by atoms with E-state index < -0.39 is 0 Å². The van der Waals surface area contributed by atoms with E-state index >= 15 is 0 Å². The first-order valence-electron chi connectivity index (χ1n) is 10.4. The van der Waals surface area contributed by atoms with Crippen molar-refractivity contribution >= 4 is 11.8 Å². The molecule has 146 valence electrons. The summed E-state index contributed by atoms with van der Waals surface area (Å²) < 4.78 is 0. The van der Waals surface area contributed by atoms with Crippen molar-refractivity contribution < 1.29 is 9.59 Å². The Hall–Kier alpha value is -1.88. The molecule has 27 heavy (non-hydrogen) atoms. The van der Waals surface area contributed by atoms with Crippen LogP contribution >= 0.6 is 0 Å². The van der Waals surface area contributed by atoms with E-state index in [9.17, 15) is 9.59 Å². The molecule has 2 amide bonds. The first-order chi connectivity index (χ1) is 13.1. The van der Waals surface area contributed by atoms with E-state index in [-0.39, 0.29) is 11.9 Å². The quantitative estimate of drug-likeness (QED) is 0.864. The van der Waals surface area contributed by atoms with Crippen molar-refractivity contribution in [2.75, 3.05) is 26.7 Å². The Kier molecular flexibility index (Phi) is 5.48. The van der Waals surface area contributed by atoms with Crippen molar-refractivity contribution in [2.24, 2.45) is 11.8 Å². The van der Waals surface area contributed by atoms with Crippen molar-refractivity contribution in [1.29, 1.82) is 0 Å². The molecule has 3 fully saturated rings. The highest BCUT2D eigenvalue weighted by Gasteiger charge is 2.48. The Bertz CT molecular complexity index is 677. The van der Waals surface area contributed by atoms with Crippen molar-refractivity contribution in [3.05, 3.63) is 35.9 Å². The lowest BCUT2D eigenvalue weighted by Crippen LogP contribution is -2.66. The second-order valence-corrected chi connectivity index (χ2v) is 8.59. The zero-order chi connectivity index (χ0) is 18.8. The molecule has 1 N–H and O–H groups in total. The molecule has 5 nitrogen and oxygen atoms in total. The van der Waals surface area contributed by atoms with Crippen LogP contribution in [0.2, 0.25) is 0 Å². The van der Waals surface area contributed by atoms with Crippen molar-refractivity contribution in [1.82, 2.24) is 15.1 Å². The van der Waals surface area contributed by atoms with Crippen LogP contribution in [-0.2, 0) is 16.0 Å². The standard InChI is InChI=1S/C22H31N3O2/c1-24-14-17-12-18(15-24)20(25-19(17)8-5-9-22(25)27)13-23-21(26)11-10-16-6-3-2-4-7-16/h2-4,6-7,17-20H,5,8-15H2,1H3,(H,23,26)/t17-,18+,19+,20+/m1/s1. The number of fused-ring (bicyclic) bond motifs is 4. The predicted octanol–water partition coefficient (Wildman–Crippen LogP) is 2.07. The summed E-state index contributed by atoms with van der Waals surface area (Å²) in [6.07, 6.45) is 5.27. The van der Waals surface area contributed by atoms with E-state index in [1.165, 1.54) is 12.0 Å². The van der Waals surface area contributed by atoms with Gasteiger partial charge in [-0.25, -0.2) is 0 Å². The third kappa shape index (κ3) is 4.03. The Labute approximate surface area is 162 Å². The summed E-state index contributed by atoms with van der Waals surface area (Å²) in [5.74, 6) is 1.46. The lowest BCUT2D eigenvalue weighted by atomic mass is 9.72. The maximum absolute atomic E-state index is 12.7. The molecular formula is C22H31N3O2. The van der Waals surface area contributed by atoms with Crippen LogP contribution in [0.4, 0.5) is 0 Å². The topological polar surface area (TPSA) is 52.7 Å². The zero-order valence-electron chi connectivity index (χ0n) is 16.3. The van der Waals surface area contributed by atoms with Gasteiger partial charge >= 0.3 is 0 Å². The summed E-state index contributed by atoms with van der Waals surface area (Å²) in [6.45, 7) is 2.72. The largest absolute Gasteiger partial charge is 0.354 e. The van der Waals surface area contributed by atoms with Gasteiger partial charge in [0.1, 0.15) is 0 Å². The van der Waals surface area contributed by atoms with Crippen molar-refractivity contribution in [3.63, 3.8) is 0 Å². The molecule has 3 saturated heterocycles. The molecule has 0 spiro atoms. The first kappa shape index (κ1) is 18.5. The Balaban J connectivity index is 1.38. The van der Waals surface area contributed by atoms with Crippen LogP contribution in [0.25, 0.3) is 0 Å². The fraction of sp³-hybridized carbons (Fsp3) is 0.636. The van der Waals surface area contributed by atoms with Gasteiger partial charge < -0.3 is 15.1 Å². The summed E-state index contributed by atoms with van der Waals surface area (Å²) in [5.41, 5.74) is 1.19. The first-order valence-corrected chi connectivity index (χ1v) is 10.4. The van der Waals surface area contributed by atoms with Gasteiger partial charge in [-0.3, -0.25) is 9.59 Å². The summed E-state index contributed by atoms with van der Waals surface area (Å²) in [6, 6.07) is 10.7. The van der Waals surface area contributed by atoms with Crippen LogP contribution in [0.1, 0.15) is 37.7 Å². The zero-order valence-corrected chi connectivity index (χ0v) is 16.3. The minimum atomic E-state index is 0.0890. The lowest BCUT2D eigenvalue weighted by molar-refractivity contribution is -0.152. The second-order valence-electron chi connectivity index (χ2n) is 8.59. The molecule has 1 aromatic carbocycles. The maximum atomic E-state index is 12.7. The van der Waals surface area contributed by atoms with E-state index in [0.717, 1.165) is 32.4 Å². The number of piperidine rings is 3. The van der Waals surface area contributed by atoms with Crippen LogP contribution in [-0.4, -0.2) is 60.4 Å². The van der Waals surface area contributed by atoms with E-state index in [4.69, 9.17) is 0 Å². The average molecular weight is 370 g/mol. The number of rotatable bonds is 5. The van der Waals surface area contributed by atoms with Gasteiger partial charge in [-0.05, 0) is 50.1 Å². The third-order valence-corrected chi connectivity index (χ3v) is 6.67. The summed E-state index contributed by atoms with van der Waals surface area (Å²) in [4.78, 5) is 29.7. The highest BCUT2D eigenvalue weighted by molar-refractivity contribution is 5.79. The van der Waals surface area contributed by atoms with Crippen LogP contribution in [0.5, 0.6) is 0 Å². The summed E-state index contributed by atoms with van der Waals surface area (Å²) >= 11 is 0. The van der Waals surface area contributed by atoms with Crippen molar-refractivity contribution in [3.8, 4) is 0 Å². The van der Waals surface area contributed by atoms with E-state index in [0.29, 0.717) is 43.2 Å². The van der Waals surface area contributed by atoms with Gasteiger partial charge in [-0.2, -0.15) is 0 Å². The number of carbonyl (C=O) groups excluding carboxylic acids is 2. The number of nitrogens with zero attached hydrogens (tertiary/aromatic N) is 2. The molecule has 4 rings (SSSR count). The molecule has 4 atom stereocenters. The maximum Gasteiger partial charge on any atom is 0.223 e. The van der Waals surface area contributed by atoms with E-state index in [2.05, 4.69) is 34.3 Å². The highest BCUT2D eigenvalue weighted by Crippen LogP contribution is 2.41. The molecule has 2 bridgehead atoms. The van der Waals surface area contributed by atoms with Gasteiger partial charge in [0.2, 0.25) is 11.8 Å². The number of hydrogen-bond donors (Lipinski definition) is 1. The number of likely N-dealkylation sites (tertiary alicyclic amines) is 1. The van der Waals surface area contributed by atoms with Crippen molar-refractivity contribution in [2.45, 2.75) is 50.6 Å². The number of aryl methyl sites for hydroxylation is 1. The van der Waals surface area contributed by atoms with Crippen LogP contribution in [0, 0.1) is 11.8 Å². The minimum Gasteiger partial charge on any atom is -0.354 e. The van der Waals surface area contributed by atoms with Gasteiger partial charge in [0, 0.05) is 38.5 Å². The fourth-order valence-corrected chi connectivity index (χ4v) is 5.48. The molecule has 5 heteroatoms. The monoisotopic (exact) mass is 369 g/mol. The third-order valence-electron chi connectivity index (χ3n) is 6.67. The molecule has 0 aliphatic carbocycles. The highest BCUT2D eigenvalue weighted by atomic mass is 16.2. The molecule has 3 aliphatic heterocycles. The summed E-state index contributed by atoms with van der Waals surface area (Å²) in [5, 5.41) is 3.14. The Morgan fingerprint density at radius 1 is 1.19 bits per heavy atom. The minimum absolute atomic E-state index is 0.0890. The van der Waals surface area contributed by atoms with Crippen LogP contribution in [0.3, 0.4) is 0 Å². The number of benzene rings is 1. The molecule has 3 heterocycles. The molecule has 3 aliphatic rings. The molecule has 1 aromatic rings. The normalized spacial score (nSPS) is 30.7. The van der Waals surface area contributed by atoms with Crippen LogP contribution in [0.15, 0.2) is 30.3 Å². The number of hydrogen-bond acceptors (Lipinski definition) is 3. The second kappa shape index (κ2) is 8.01. The number of amides is 2. The number of carbonyl (C=O) groups is 2. The molecule has 0 saturated carbocycles. The molecule has 0 radical (unpaired) electrons. The van der Waals surface area contributed by atoms with Gasteiger partial charge in [0.05, 0.1) is 6.04 Å². The van der Waals surface area contributed by atoms with Gasteiger partial charge in [-0.1, -0.05) is 30.3 Å². The predicted molar refractivity (Wildman–Crippen MR) is 105 cm³/mol. The lowest BCUT2D eigenvalue weighted by Gasteiger charge is -2.56. The molecule has 0 aromatic heterocycles. The van der Waals surface area contributed by atoms with Gasteiger partial charge in [0.15, 0.2) is 0 Å². The average Bonchev–Trinajstić information content (AvgIpc) is 2.67. The van der Waals surface area contributed by atoms with Gasteiger partial charge in [-0.15, -0.1) is 0 Å². The summed E-state index contributed by atoms with van der Waals surface area (Å²) in [7, 11) is 2.19. The fourth-order valence-electron chi connectivity index (χ4n) is 5.48. The van der Waals surface area contributed by atoms with Crippen LogP contribution < -0.4 is 5.32 Å². The molecular weight excluding hydrogens is 338 g/mol. The number of nitrogens with one attached hydrogen (secondary N) is 1.